The first kappa shape index (κ1) is 42.7. The number of H-pyrrole nitrogens is 1. The molecule has 3 aromatic heterocycles. The number of carbonyl (C=O) groups excluding carboxylic acids is 3. The number of hydrogen-bond acceptors (Lipinski definition) is 12. The minimum absolute atomic E-state index is 0.0206. The van der Waals surface area contributed by atoms with Gasteiger partial charge >= 0.3 is 10.2 Å². The fourth-order valence-corrected chi connectivity index (χ4v) is 8.90. The number of piperidine rings is 1. The largest absolute Gasteiger partial charge is 0.374 e. The van der Waals surface area contributed by atoms with Crippen molar-refractivity contribution < 1.29 is 31.6 Å². The number of nitrogens with zero attached hydrogens (tertiary/aromatic N) is 7. The number of rotatable bonds is 14. The zero-order valence-electron chi connectivity index (χ0n) is 34.5. The number of aromatic amines is 1. The van der Waals surface area contributed by atoms with Gasteiger partial charge in [0.1, 0.15) is 23.3 Å². The Bertz CT molecular complexity index is 2560. The second kappa shape index (κ2) is 18.1. The zero-order chi connectivity index (χ0) is 43.5. The van der Waals surface area contributed by atoms with E-state index in [2.05, 4.69) is 57.1 Å². The predicted molar refractivity (Wildman–Crippen MR) is 234 cm³/mol. The van der Waals surface area contributed by atoms with E-state index < -0.39 is 44.9 Å². The van der Waals surface area contributed by atoms with Gasteiger partial charge in [-0.15, -0.1) is 0 Å². The number of amides is 2. The van der Waals surface area contributed by atoms with Crippen molar-refractivity contribution in [1.82, 2.24) is 34.4 Å². The Labute approximate surface area is 358 Å². The summed E-state index contributed by atoms with van der Waals surface area (Å²) in [6, 6.07) is 15.1. The van der Waals surface area contributed by atoms with Gasteiger partial charge in [-0.05, 0) is 61.0 Å². The second-order valence-electron chi connectivity index (χ2n) is 15.7. The van der Waals surface area contributed by atoms with E-state index in [1.54, 1.807) is 25.4 Å². The Hall–Kier alpha value is -6.02. The van der Waals surface area contributed by atoms with Gasteiger partial charge in [-0.3, -0.25) is 34.2 Å². The average Bonchev–Trinajstić information content (AvgIpc) is 3.71. The van der Waals surface area contributed by atoms with Gasteiger partial charge in [0, 0.05) is 138 Å². The van der Waals surface area contributed by atoms with Gasteiger partial charge in [0.15, 0.2) is 5.82 Å². The van der Waals surface area contributed by atoms with Crippen LogP contribution < -0.4 is 25.2 Å². The molecule has 0 spiro atoms. The molecule has 4 N–H and O–H groups in total. The Morgan fingerprint density at radius 3 is 2.19 bits per heavy atom. The molecule has 3 fully saturated rings. The molecule has 1 atom stereocenters. The number of benzene rings is 2. The average molecular weight is 870 g/mol. The third kappa shape index (κ3) is 9.25. The lowest BCUT2D eigenvalue weighted by atomic mass is 10.00. The summed E-state index contributed by atoms with van der Waals surface area (Å²) in [4.78, 5) is 58.9. The summed E-state index contributed by atoms with van der Waals surface area (Å²) in [7, 11) is -2.82. The van der Waals surface area contributed by atoms with Crippen LogP contribution >= 0.6 is 0 Å². The maximum absolute atomic E-state index is 15.6. The Morgan fingerprint density at radius 1 is 0.871 bits per heavy atom. The van der Waals surface area contributed by atoms with Crippen molar-refractivity contribution in [3.05, 3.63) is 95.9 Å². The molecule has 1 unspecified atom stereocenters. The first-order valence-electron chi connectivity index (χ1n) is 20.7. The van der Waals surface area contributed by atoms with Crippen LogP contribution in [0.5, 0.6) is 0 Å². The summed E-state index contributed by atoms with van der Waals surface area (Å²) >= 11 is 0. The molecule has 5 aromatic rings. The van der Waals surface area contributed by atoms with Crippen molar-refractivity contribution in [3.63, 3.8) is 0 Å². The van der Waals surface area contributed by atoms with E-state index >= 15 is 8.78 Å². The van der Waals surface area contributed by atoms with E-state index in [-0.39, 0.29) is 23.9 Å². The number of hydrogen-bond donors (Lipinski definition) is 4. The Morgan fingerprint density at radius 2 is 1.55 bits per heavy atom. The molecule has 0 bridgehead atoms. The Balaban J connectivity index is 0.820. The maximum Gasteiger partial charge on any atom is 0.301 e. The fraction of sp³-hybridized carbons (Fsp3) is 0.372. The molecular formula is C43H49F2N11O5S. The lowest BCUT2D eigenvalue weighted by Crippen LogP contribution is -2.51. The number of imide groups is 1. The molecular weight excluding hydrogens is 821 g/mol. The SMILES string of the molecule is CCN(C)S(=O)(=O)Nc1ccc(F)c(C(=O)c2c[nH]c3ncc(-c4ccc(N5CCN(CCN6CCN(c7ccc(NC8CCC(=O)NC8=O)cc7)CC6)CC5)nc4)cc23)c1F. The molecule has 62 heavy (non-hydrogen) atoms. The van der Waals surface area contributed by atoms with E-state index in [1.165, 1.54) is 13.2 Å². The predicted octanol–water partition coefficient (Wildman–Crippen LogP) is 3.90. The molecule has 0 radical (unpaired) electrons. The third-order valence-corrected chi connectivity index (χ3v) is 13.4. The van der Waals surface area contributed by atoms with Gasteiger partial charge in [-0.1, -0.05) is 6.92 Å². The van der Waals surface area contributed by atoms with Crippen molar-refractivity contribution >= 4 is 61.7 Å². The normalized spacial score (nSPS) is 18.0. The van der Waals surface area contributed by atoms with Gasteiger partial charge in [0.2, 0.25) is 17.6 Å². The van der Waals surface area contributed by atoms with Gasteiger partial charge < -0.3 is 20.1 Å². The zero-order valence-corrected chi connectivity index (χ0v) is 35.4. The third-order valence-electron chi connectivity index (χ3n) is 11.9. The lowest BCUT2D eigenvalue weighted by Gasteiger charge is -2.39. The van der Waals surface area contributed by atoms with E-state index in [4.69, 9.17) is 4.98 Å². The summed E-state index contributed by atoms with van der Waals surface area (Å²) in [6.07, 6.45) is 5.54. The highest BCUT2D eigenvalue weighted by Crippen LogP contribution is 2.30. The van der Waals surface area contributed by atoms with E-state index in [0.717, 1.165) is 105 Å². The number of piperazine rings is 2. The molecule has 3 aliphatic heterocycles. The summed E-state index contributed by atoms with van der Waals surface area (Å²) < 4.78 is 58.8. The van der Waals surface area contributed by atoms with Crippen molar-refractivity contribution in [2.24, 2.45) is 0 Å². The van der Waals surface area contributed by atoms with Crippen molar-refractivity contribution in [2.75, 3.05) is 98.9 Å². The van der Waals surface area contributed by atoms with Crippen molar-refractivity contribution in [2.45, 2.75) is 25.8 Å². The van der Waals surface area contributed by atoms with Gasteiger partial charge in [0.05, 0.1) is 11.3 Å². The molecule has 3 aliphatic rings. The Kier molecular flexibility index (Phi) is 12.5. The number of pyridine rings is 2. The van der Waals surface area contributed by atoms with Crippen LogP contribution in [0.4, 0.5) is 31.7 Å². The molecule has 326 valence electrons. The van der Waals surface area contributed by atoms with Crippen LogP contribution in [0.1, 0.15) is 35.7 Å². The summed E-state index contributed by atoms with van der Waals surface area (Å²) in [5, 5.41) is 5.97. The van der Waals surface area contributed by atoms with Gasteiger partial charge in [-0.2, -0.15) is 12.7 Å². The number of anilines is 4. The highest BCUT2D eigenvalue weighted by Gasteiger charge is 2.29. The first-order chi connectivity index (χ1) is 29.9. The number of halogens is 2. The lowest BCUT2D eigenvalue weighted by molar-refractivity contribution is -0.133. The topological polar surface area (TPSA) is 179 Å². The molecule has 6 heterocycles. The van der Waals surface area contributed by atoms with Crippen LogP contribution in [0.25, 0.3) is 22.2 Å². The van der Waals surface area contributed by atoms with Crippen molar-refractivity contribution in [1.29, 1.82) is 0 Å². The fourth-order valence-electron chi connectivity index (χ4n) is 7.97. The van der Waals surface area contributed by atoms with Crippen LogP contribution in [0.2, 0.25) is 0 Å². The van der Waals surface area contributed by atoms with Crippen LogP contribution in [0.15, 0.2) is 73.2 Å². The highest BCUT2D eigenvalue weighted by molar-refractivity contribution is 7.90. The number of aromatic nitrogens is 3. The van der Waals surface area contributed by atoms with E-state index in [1.807, 2.05) is 24.3 Å². The van der Waals surface area contributed by atoms with Gasteiger partial charge in [0.25, 0.3) is 0 Å². The van der Waals surface area contributed by atoms with Crippen LogP contribution in [0.3, 0.4) is 0 Å². The van der Waals surface area contributed by atoms with Crippen LogP contribution in [-0.2, 0) is 19.8 Å². The number of ketones is 1. The highest BCUT2D eigenvalue weighted by atomic mass is 32.2. The minimum atomic E-state index is -4.13. The summed E-state index contributed by atoms with van der Waals surface area (Å²) in [5.74, 6) is -3.06. The second-order valence-corrected chi connectivity index (χ2v) is 17.5. The van der Waals surface area contributed by atoms with Crippen molar-refractivity contribution in [3.8, 4) is 11.1 Å². The summed E-state index contributed by atoms with van der Waals surface area (Å²) in [5.41, 5.74) is 2.30. The summed E-state index contributed by atoms with van der Waals surface area (Å²) in [6.45, 7) is 11.0. The molecule has 2 aromatic carbocycles. The van der Waals surface area contributed by atoms with E-state index in [0.29, 0.717) is 29.4 Å². The monoisotopic (exact) mass is 869 g/mol. The maximum atomic E-state index is 15.6. The molecule has 8 rings (SSSR count). The molecule has 3 saturated heterocycles. The molecule has 19 heteroatoms. The first-order valence-corrected chi connectivity index (χ1v) is 22.2. The van der Waals surface area contributed by atoms with Gasteiger partial charge in [-0.25, -0.2) is 18.7 Å². The smallest absolute Gasteiger partial charge is 0.301 e. The standard InChI is InChI=1S/C43H49F2N11O5S/c1-3-52(2)62(60,61)51-35-10-9-34(44)39(40(35)45)41(58)33-27-48-42-32(33)24-29(26-47-42)28-4-12-37(46-25-28)56-22-18-54(19-23-56)15-14-53-16-20-55(21-17-53)31-7-5-30(6-8-31)49-36-11-13-38(57)50-43(36)59/h4-10,12,24-27,36,49,51H,3,11,13-23H2,1-2H3,(H,47,48)(H,50,57,59). The van der Waals surface area contributed by atoms with Crippen LogP contribution in [0, 0.1) is 11.6 Å². The number of nitrogens with one attached hydrogen (secondary N) is 4. The molecule has 0 aliphatic carbocycles. The number of carbonyl (C=O) groups is 3. The number of fused-ring (bicyclic) bond motifs is 1. The van der Waals surface area contributed by atoms with Crippen LogP contribution in [-0.4, -0.2) is 140 Å². The van der Waals surface area contributed by atoms with E-state index in [9.17, 15) is 22.8 Å². The molecule has 2 amide bonds. The minimum Gasteiger partial charge on any atom is -0.374 e. The quantitative estimate of drug-likeness (QED) is 0.0937. The molecule has 0 saturated carbocycles. The molecule has 16 nitrogen and oxygen atoms in total.